The van der Waals surface area contributed by atoms with Gasteiger partial charge in [-0.2, -0.15) is 5.10 Å². The molecule has 2 heterocycles. The first-order chi connectivity index (χ1) is 14.4. The maximum absolute atomic E-state index is 12.8. The molecule has 2 amide bonds. The Morgan fingerprint density at radius 1 is 1.07 bits per heavy atom. The molecule has 3 aromatic rings. The highest BCUT2D eigenvalue weighted by molar-refractivity contribution is 14.1. The molecule has 0 unspecified atom stereocenters. The van der Waals surface area contributed by atoms with Crippen LogP contribution in [0.2, 0.25) is 0 Å². The first kappa shape index (κ1) is 20.4. The molecule has 0 fully saturated rings. The molecule has 1 aliphatic carbocycles. The molecule has 0 bridgehead atoms. The fourth-order valence-electron chi connectivity index (χ4n) is 3.52. The normalized spacial score (nSPS) is 14.4. The number of fused-ring (bicyclic) bond motifs is 1. The van der Waals surface area contributed by atoms with Crippen molar-refractivity contribution in [3.63, 3.8) is 0 Å². The van der Waals surface area contributed by atoms with Gasteiger partial charge in [-0.15, -0.1) is 0 Å². The van der Waals surface area contributed by atoms with E-state index < -0.39 is 0 Å². The summed E-state index contributed by atoms with van der Waals surface area (Å²) in [6, 6.07) is 9.14. The smallest absolute Gasteiger partial charge is 0.291 e. The van der Waals surface area contributed by atoms with Crippen molar-refractivity contribution < 1.29 is 18.4 Å². The summed E-state index contributed by atoms with van der Waals surface area (Å²) in [5.74, 6) is 0.884. The maximum Gasteiger partial charge on any atom is 0.291 e. The number of carbonyl (C=O) groups excluding carboxylic acids is 2. The fraction of sp³-hybridized carbons (Fsp3) is 0.227. The summed E-state index contributed by atoms with van der Waals surface area (Å²) in [5, 5.41) is 7.20. The summed E-state index contributed by atoms with van der Waals surface area (Å²) in [5.41, 5.74) is 5.97. The van der Waals surface area contributed by atoms with Crippen molar-refractivity contribution in [1.82, 2.24) is 5.43 Å². The molecule has 4 rings (SSSR count). The predicted octanol–water partition coefficient (Wildman–Crippen LogP) is 4.82. The highest BCUT2D eigenvalue weighted by atomic mass is 127. The zero-order valence-electron chi connectivity index (χ0n) is 16.5. The summed E-state index contributed by atoms with van der Waals surface area (Å²) in [7, 11) is 0. The van der Waals surface area contributed by atoms with Crippen molar-refractivity contribution in [2.45, 2.75) is 33.1 Å². The van der Waals surface area contributed by atoms with Gasteiger partial charge in [0, 0.05) is 26.8 Å². The van der Waals surface area contributed by atoms with E-state index in [0.717, 1.165) is 33.3 Å². The van der Waals surface area contributed by atoms with Gasteiger partial charge in [0.25, 0.3) is 11.8 Å². The minimum Gasteiger partial charge on any atom is -0.469 e. The van der Waals surface area contributed by atoms with Gasteiger partial charge in [-0.05, 0) is 79.6 Å². The van der Waals surface area contributed by atoms with E-state index in [1.54, 1.807) is 13.0 Å². The van der Waals surface area contributed by atoms with Crippen LogP contribution in [0.3, 0.4) is 0 Å². The topological polar surface area (TPSA) is 96.8 Å². The Kier molecular flexibility index (Phi) is 5.76. The average molecular weight is 517 g/mol. The molecule has 30 heavy (non-hydrogen) atoms. The minimum atomic E-state index is -0.335. The third-order valence-corrected chi connectivity index (χ3v) is 5.75. The van der Waals surface area contributed by atoms with Crippen LogP contribution in [0, 0.1) is 17.4 Å². The zero-order valence-corrected chi connectivity index (χ0v) is 18.7. The minimum absolute atomic E-state index is 0.269. The third-order valence-electron chi connectivity index (χ3n) is 5.03. The molecule has 7 nitrogen and oxygen atoms in total. The van der Waals surface area contributed by atoms with E-state index in [0.29, 0.717) is 29.1 Å². The number of hydrogen-bond acceptors (Lipinski definition) is 5. The van der Waals surface area contributed by atoms with Crippen LogP contribution in [0.15, 0.2) is 50.5 Å². The molecule has 0 aliphatic heterocycles. The van der Waals surface area contributed by atoms with E-state index in [4.69, 9.17) is 8.83 Å². The number of benzene rings is 1. The van der Waals surface area contributed by atoms with Crippen molar-refractivity contribution in [3.05, 3.63) is 74.1 Å². The molecule has 1 aliphatic rings. The van der Waals surface area contributed by atoms with Gasteiger partial charge in [0.1, 0.15) is 11.5 Å². The Hall–Kier alpha value is -2.88. The van der Waals surface area contributed by atoms with Crippen LogP contribution in [0.5, 0.6) is 0 Å². The van der Waals surface area contributed by atoms with Gasteiger partial charge < -0.3 is 14.2 Å². The van der Waals surface area contributed by atoms with Gasteiger partial charge in [0.2, 0.25) is 0 Å². The molecular weight excluding hydrogens is 497 g/mol. The number of nitrogens with one attached hydrogen (secondary N) is 2. The standard InChI is InChI=1S/C22H20IN3O4/c1-12-19-17(25-26-21(27)16-10-11-29-13(16)2)4-3-5-18(19)30-20(12)22(28)24-15-8-6-14(23)7-9-15/h6-11H,3-5H2,1-2H3,(H,24,28)(H,26,27)/b25-17+. The number of hydrazone groups is 1. The van der Waals surface area contributed by atoms with Crippen LogP contribution >= 0.6 is 22.6 Å². The Morgan fingerprint density at radius 3 is 2.53 bits per heavy atom. The number of rotatable bonds is 4. The summed E-state index contributed by atoms with van der Waals surface area (Å²) in [4.78, 5) is 25.1. The van der Waals surface area contributed by atoms with E-state index in [9.17, 15) is 9.59 Å². The van der Waals surface area contributed by atoms with Crippen LogP contribution in [-0.2, 0) is 6.42 Å². The number of nitrogens with zero attached hydrogens (tertiary/aromatic N) is 1. The van der Waals surface area contributed by atoms with Crippen LogP contribution in [0.1, 0.15) is 56.4 Å². The van der Waals surface area contributed by atoms with Crippen molar-refractivity contribution in [1.29, 1.82) is 0 Å². The monoisotopic (exact) mass is 517 g/mol. The second kappa shape index (κ2) is 8.47. The lowest BCUT2D eigenvalue weighted by Gasteiger charge is -2.13. The van der Waals surface area contributed by atoms with Crippen LogP contribution in [-0.4, -0.2) is 17.5 Å². The molecule has 0 saturated heterocycles. The molecule has 2 N–H and O–H groups in total. The first-order valence-corrected chi connectivity index (χ1v) is 10.6. The molecular formula is C22H20IN3O4. The number of amides is 2. The highest BCUT2D eigenvalue weighted by Gasteiger charge is 2.28. The molecule has 8 heteroatoms. The first-order valence-electron chi connectivity index (χ1n) is 9.54. The lowest BCUT2D eigenvalue weighted by atomic mass is 9.93. The Balaban J connectivity index is 1.57. The lowest BCUT2D eigenvalue weighted by molar-refractivity contribution is 0.0952. The van der Waals surface area contributed by atoms with Crippen molar-refractivity contribution >= 4 is 45.8 Å². The van der Waals surface area contributed by atoms with Crippen molar-refractivity contribution in [2.75, 3.05) is 5.32 Å². The number of carbonyl (C=O) groups is 2. The van der Waals surface area contributed by atoms with Gasteiger partial charge in [0.15, 0.2) is 5.76 Å². The van der Waals surface area contributed by atoms with Gasteiger partial charge >= 0.3 is 0 Å². The quantitative estimate of drug-likeness (QED) is 0.383. The fourth-order valence-corrected chi connectivity index (χ4v) is 3.88. The van der Waals surface area contributed by atoms with Crippen LogP contribution in [0.25, 0.3) is 0 Å². The molecule has 0 spiro atoms. The van der Waals surface area contributed by atoms with Gasteiger partial charge in [-0.1, -0.05) is 0 Å². The third kappa shape index (κ3) is 4.04. The predicted molar refractivity (Wildman–Crippen MR) is 121 cm³/mol. The molecule has 154 valence electrons. The largest absolute Gasteiger partial charge is 0.469 e. The Labute approximate surface area is 187 Å². The summed E-state index contributed by atoms with van der Waals surface area (Å²) in [6.45, 7) is 3.56. The molecule has 0 radical (unpaired) electrons. The van der Waals surface area contributed by atoms with Crippen molar-refractivity contribution in [2.24, 2.45) is 5.10 Å². The van der Waals surface area contributed by atoms with E-state index in [1.165, 1.54) is 6.26 Å². The number of halogens is 1. The number of aryl methyl sites for hydroxylation is 2. The lowest BCUT2D eigenvalue weighted by Crippen LogP contribution is -2.22. The zero-order chi connectivity index (χ0) is 21.3. The molecule has 1 aromatic carbocycles. The van der Waals surface area contributed by atoms with E-state index in [1.807, 2.05) is 31.2 Å². The number of hydrogen-bond donors (Lipinski definition) is 2. The van der Waals surface area contributed by atoms with Gasteiger partial charge in [0.05, 0.1) is 17.5 Å². The highest BCUT2D eigenvalue weighted by Crippen LogP contribution is 2.30. The number of furan rings is 2. The average Bonchev–Trinajstić information content (AvgIpc) is 3.31. The van der Waals surface area contributed by atoms with E-state index in [2.05, 4.69) is 38.4 Å². The SMILES string of the molecule is Cc1occc1C(=O)N/N=C1\CCCc2oc(C(=O)Nc3ccc(I)cc3)c(C)c21. The molecule has 0 atom stereocenters. The van der Waals surface area contributed by atoms with E-state index >= 15 is 0 Å². The summed E-state index contributed by atoms with van der Waals surface area (Å²) >= 11 is 2.21. The van der Waals surface area contributed by atoms with Crippen molar-refractivity contribution in [3.8, 4) is 0 Å². The van der Waals surface area contributed by atoms with Gasteiger partial charge in [-0.25, -0.2) is 5.43 Å². The Bertz CT molecular complexity index is 1140. The molecule has 2 aromatic heterocycles. The second-order valence-corrected chi connectivity index (χ2v) is 8.30. The summed E-state index contributed by atoms with van der Waals surface area (Å²) < 4.78 is 12.2. The summed E-state index contributed by atoms with van der Waals surface area (Å²) in [6.07, 6.45) is 3.71. The number of anilines is 1. The molecule has 0 saturated carbocycles. The Morgan fingerprint density at radius 2 is 1.83 bits per heavy atom. The second-order valence-electron chi connectivity index (χ2n) is 7.06. The van der Waals surface area contributed by atoms with Crippen LogP contribution < -0.4 is 10.7 Å². The maximum atomic E-state index is 12.8. The van der Waals surface area contributed by atoms with Crippen LogP contribution in [0.4, 0.5) is 5.69 Å². The van der Waals surface area contributed by atoms with Gasteiger partial charge in [-0.3, -0.25) is 9.59 Å². The van der Waals surface area contributed by atoms with E-state index in [-0.39, 0.29) is 17.6 Å².